The van der Waals surface area contributed by atoms with Crippen molar-refractivity contribution in [1.82, 2.24) is 15.4 Å². The fraction of sp³-hybridized carbons (Fsp3) is 0.200. The van der Waals surface area contributed by atoms with Crippen LogP contribution in [-0.4, -0.2) is 9.97 Å². The summed E-state index contributed by atoms with van der Waals surface area (Å²) < 4.78 is 0. The van der Waals surface area contributed by atoms with Crippen LogP contribution in [-0.2, 0) is 6.42 Å². The Balaban J connectivity index is 1.90. The maximum Gasteiger partial charge on any atom is 0.0897 e. The number of hydrogen-bond acceptors (Lipinski definition) is 5. The molecule has 0 aliphatic heterocycles. The van der Waals surface area contributed by atoms with Crippen molar-refractivity contribution in [2.75, 3.05) is 0 Å². The van der Waals surface area contributed by atoms with E-state index in [1.807, 2.05) is 19.1 Å². The summed E-state index contributed by atoms with van der Waals surface area (Å²) in [5.74, 6) is 5.71. The van der Waals surface area contributed by atoms with Gasteiger partial charge in [-0.1, -0.05) is 12.1 Å². The summed E-state index contributed by atoms with van der Waals surface area (Å²) in [7, 11) is 0. The summed E-state index contributed by atoms with van der Waals surface area (Å²) in [5.41, 5.74) is 6.10. The van der Waals surface area contributed by atoms with Crippen molar-refractivity contribution >= 4 is 22.2 Å². The molecule has 3 N–H and O–H groups in total. The molecule has 102 valence electrons. The predicted octanol–water partition coefficient (Wildman–Crippen LogP) is 2.75. The first-order valence-electron chi connectivity index (χ1n) is 6.48. The van der Waals surface area contributed by atoms with Crippen LogP contribution in [0, 0.1) is 6.92 Å². The second-order valence-electron chi connectivity index (χ2n) is 4.74. The van der Waals surface area contributed by atoms with E-state index < -0.39 is 0 Å². The van der Waals surface area contributed by atoms with Gasteiger partial charge in [-0.05, 0) is 30.7 Å². The van der Waals surface area contributed by atoms with Crippen molar-refractivity contribution in [3.8, 4) is 0 Å². The number of hydrazine groups is 1. The van der Waals surface area contributed by atoms with Gasteiger partial charge in [0.15, 0.2) is 0 Å². The molecule has 0 radical (unpaired) electrons. The van der Waals surface area contributed by atoms with Gasteiger partial charge < -0.3 is 0 Å². The van der Waals surface area contributed by atoms with Crippen LogP contribution in [0.4, 0.5) is 0 Å². The number of nitrogens with one attached hydrogen (secondary N) is 1. The highest BCUT2D eigenvalue weighted by atomic mass is 32.1. The van der Waals surface area contributed by atoms with E-state index in [-0.39, 0.29) is 6.04 Å². The van der Waals surface area contributed by atoms with Gasteiger partial charge in [-0.2, -0.15) is 0 Å². The molecule has 0 spiro atoms. The first-order chi connectivity index (χ1) is 9.76. The number of rotatable bonds is 4. The van der Waals surface area contributed by atoms with E-state index in [2.05, 4.69) is 39.0 Å². The third-order valence-corrected chi connectivity index (χ3v) is 4.13. The van der Waals surface area contributed by atoms with Gasteiger partial charge >= 0.3 is 0 Å². The van der Waals surface area contributed by atoms with Crippen LogP contribution in [0.25, 0.3) is 10.9 Å². The van der Waals surface area contributed by atoms with Crippen molar-refractivity contribution in [2.45, 2.75) is 19.4 Å². The van der Waals surface area contributed by atoms with Gasteiger partial charge in [0.25, 0.3) is 0 Å². The van der Waals surface area contributed by atoms with Gasteiger partial charge in [0.1, 0.15) is 0 Å². The molecule has 0 aliphatic carbocycles. The minimum atomic E-state index is 0.0566. The third-order valence-electron chi connectivity index (χ3n) is 3.31. The highest BCUT2D eigenvalue weighted by molar-refractivity contribution is 7.09. The molecule has 0 amide bonds. The summed E-state index contributed by atoms with van der Waals surface area (Å²) in [6, 6.07) is 10.3. The molecule has 2 heterocycles. The second-order valence-corrected chi connectivity index (χ2v) is 5.80. The number of benzene rings is 1. The van der Waals surface area contributed by atoms with Gasteiger partial charge in [-0.25, -0.2) is 4.98 Å². The summed E-state index contributed by atoms with van der Waals surface area (Å²) in [5, 5.41) is 4.29. The van der Waals surface area contributed by atoms with Crippen LogP contribution in [0.2, 0.25) is 0 Å². The number of fused-ring (bicyclic) bond motifs is 1. The molecule has 5 heteroatoms. The second kappa shape index (κ2) is 5.66. The lowest BCUT2D eigenvalue weighted by Gasteiger charge is -2.15. The number of nitrogens with two attached hydrogens (primary N) is 1. The maximum atomic E-state index is 5.71. The Morgan fingerprint density at radius 1 is 1.35 bits per heavy atom. The normalized spacial score (nSPS) is 12.7. The third kappa shape index (κ3) is 2.70. The number of aryl methyl sites for hydroxylation is 1. The fourth-order valence-corrected chi connectivity index (χ4v) is 2.92. The van der Waals surface area contributed by atoms with Crippen LogP contribution in [0.1, 0.15) is 22.3 Å². The first-order valence-corrected chi connectivity index (χ1v) is 7.36. The predicted molar refractivity (Wildman–Crippen MR) is 82.4 cm³/mol. The molecule has 1 aromatic carbocycles. The topological polar surface area (TPSA) is 63.8 Å². The smallest absolute Gasteiger partial charge is 0.0897 e. The van der Waals surface area contributed by atoms with Crippen LogP contribution in [0.15, 0.2) is 41.9 Å². The molecule has 0 fully saturated rings. The number of thiazole rings is 1. The van der Waals surface area contributed by atoms with Crippen LogP contribution in [0.3, 0.4) is 0 Å². The number of aromatic nitrogens is 2. The average molecular weight is 284 g/mol. The van der Waals surface area contributed by atoms with Crippen molar-refractivity contribution in [1.29, 1.82) is 0 Å². The minimum absolute atomic E-state index is 0.0566. The molecule has 0 saturated carbocycles. The summed E-state index contributed by atoms with van der Waals surface area (Å²) >= 11 is 1.66. The van der Waals surface area contributed by atoms with Gasteiger partial charge in [0, 0.05) is 23.4 Å². The zero-order valence-corrected chi connectivity index (χ0v) is 12.0. The summed E-state index contributed by atoms with van der Waals surface area (Å²) in [4.78, 5) is 8.83. The molecule has 1 atom stereocenters. The highest BCUT2D eigenvalue weighted by Crippen LogP contribution is 2.22. The van der Waals surface area contributed by atoms with E-state index in [4.69, 9.17) is 5.84 Å². The van der Waals surface area contributed by atoms with Gasteiger partial charge in [-0.3, -0.25) is 16.3 Å². The van der Waals surface area contributed by atoms with E-state index in [1.165, 1.54) is 0 Å². The largest absolute Gasteiger partial charge is 0.271 e. The molecule has 0 bridgehead atoms. The van der Waals surface area contributed by atoms with E-state index >= 15 is 0 Å². The van der Waals surface area contributed by atoms with Crippen LogP contribution >= 0.6 is 11.3 Å². The monoisotopic (exact) mass is 284 g/mol. The van der Waals surface area contributed by atoms with Crippen LogP contribution < -0.4 is 11.3 Å². The molecular weight excluding hydrogens is 268 g/mol. The van der Waals surface area contributed by atoms with Crippen molar-refractivity contribution in [3.05, 3.63) is 58.2 Å². The molecule has 4 nitrogen and oxygen atoms in total. The lowest BCUT2D eigenvalue weighted by atomic mass is 10.0. The molecule has 3 rings (SSSR count). The number of nitrogens with zero attached hydrogens (tertiary/aromatic N) is 2. The lowest BCUT2D eigenvalue weighted by molar-refractivity contribution is 0.547. The molecule has 2 aromatic heterocycles. The molecule has 1 unspecified atom stereocenters. The van der Waals surface area contributed by atoms with Crippen molar-refractivity contribution in [3.63, 3.8) is 0 Å². The Labute approximate surface area is 121 Å². The van der Waals surface area contributed by atoms with Gasteiger partial charge in [0.2, 0.25) is 0 Å². The Morgan fingerprint density at radius 3 is 3.00 bits per heavy atom. The number of hydrogen-bond donors (Lipinski definition) is 2. The van der Waals surface area contributed by atoms with E-state index in [9.17, 15) is 0 Å². The highest BCUT2D eigenvalue weighted by Gasteiger charge is 2.13. The standard InChI is InChI=1S/C15H16N4S/c1-10-18-13(9-20-10)8-15(19-16)12-4-5-14-11(7-12)3-2-6-17-14/h2-7,9,15,19H,8,16H2,1H3. The summed E-state index contributed by atoms with van der Waals surface area (Å²) in [6.07, 6.45) is 2.59. The Morgan fingerprint density at radius 2 is 2.25 bits per heavy atom. The van der Waals surface area contributed by atoms with E-state index in [0.717, 1.165) is 33.6 Å². The average Bonchev–Trinajstić information content (AvgIpc) is 2.89. The van der Waals surface area contributed by atoms with Crippen LogP contribution in [0.5, 0.6) is 0 Å². The minimum Gasteiger partial charge on any atom is -0.271 e. The first kappa shape index (κ1) is 13.2. The SMILES string of the molecule is Cc1nc(CC(NN)c2ccc3ncccc3c2)cs1. The molecular formula is C15H16N4S. The Kier molecular flexibility index (Phi) is 3.73. The fourth-order valence-electron chi connectivity index (χ4n) is 2.29. The summed E-state index contributed by atoms with van der Waals surface area (Å²) in [6.45, 7) is 2.01. The molecule has 20 heavy (non-hydrogen) atoms. The zero-order chi connectivity index (χ0) is 13.9. The quantitative estimate of drug-likeness (QED) is 0.571. The lowest BCUT2D eigenvalue weighted by Crippen LogP contribution is -2.29. The molecule has 3 aromatic rings. The van der Waals surface area contributed by atoms with E-state index in [0.29, 0.717) is 0 Å². The van der Waals surface area contributed by atoms with Crippen molar-refractivity contribution < 1.29 is 0 Å². The zero-order valence-electron chi connectivity index (χ0n) is 11.2. The molecule has 0 saturated heterocycles. The Bertz CT molecular complexity index is 722. The Hall–Kier alpha value is -1.82. The molecule has 0 aliphatic rings. The van der Waals surface area contributed by atoms with Crippen molar-refractivity contribution in [2.24, 2.45) is 5.84 Å². The van der Waals surface area contributed by atoms with E-state index in [1.54, 1.807) is 17.5 Å². The maximum absolute atomic E-state index is 5.71. The number of pyridine rings is 1. The van der Waals surface area contributed by atoms with Gasteiger partial charge in [-0.15, -0.1) is 11.3 Å². The van der Waals surface area contributed by atoms with Gasteiger partial charge in [0.05, 0.1) is 22.3 Å².